The molecule has 0 saturated carbocycles. The summed E-state index contributed by atoms with van der Waals surface area (Å²) in [6.07, 6.45) is -1.90. The number of aliphatic hydroxyl groups excluding tert-OH is 1. The molecule has 3 atom stereocenters. The quantitative estimate of drug-likeness (QED) is 0.542. The van der Waals surface area contributed by atoms with Gasteiger partial charge < -0.3 is 25.6 Å². The van der Waals surface area contributed by atoms with Gasteiger partial charge in [0.25, 0.3) is 0 Å². The van der Waals surface area contributed by atoms with E-state index in [1.807, 2.05) is 30.3 Å². The van der Waals surface area contributed by atoms with Gasteiger partial charge in [0.05, 0.1) is 6.04 Å². The summed E-state index contributed by atoms with van der Waals surface area (Å²) >= 11 is 0. The van der Waals surface area contributed by atoms with Gasteiger partial charge in [0.2, 0.25) is 0 Å². The van der Waals surface area contributed by atoms with Crippen LogP contribution < -0.4 is 10.6 Å². The van der Waals surface area contributed by atoms with Crippen LogP contribution in [0.25, 0.3) is 0 Å². The molecule has 29 heavy (non-hydrogen) atoms. The van der Waals surface area contributed by atoms with Crippen molar-refractivity contribution in [3.8, 4) is 0 Å². The molecule has 0 bridgehead atoms. The van der Waals surface area contributed by atoms with Crippen molar-refractivity contribution in [2.45, 2.75) is 51.0 Å². The Morgan fingerprint density at radius 3 is 2.07 bits per heavy atom. The Hall–Kier alpha value is -3.06. The molecular weight excluding hydrogens is 372 g/mol. The lowest BCUT2D eigenvalue weighted by molar-refractivity contribution is -0.140. The molecule has 0 radical (unpaired) electrons. The third-order valence-electron chi connectivity index (χ3n) is 4.12. The number of benzene rings is 2. The Morgan fingerprint density at radius 2 is 1.55 bits per heavy atom. The normalized spacial score (nSPS) is 14.3. The first kappa shape index (κ1) is 22.2. The molecule has 2 rings (SSSR count). The first-order valence-electron chi connectivity index (χ1n) is 9.41. The summed E-state index contributed by atoms with van der Waals surface area (Å²) in [5, 5.41) is 26.0. The number of carbonyl (C=O) groups excluding carboxylic acids is 1. The molecule has 0 heterocycles. The number of carboxylic acids is 1. The average molecular weight is 400 g/mol. The summed E-state index contributed by atoms with van der Waals surface area (Å²) in [5.74, 6) is -1.23. The van der Waals surface area contributed by atoms with Crippen molar-refractivity contribution in [1.29, 1.82) is 0 Å². The van der Waals surface area contributed by atoms with Crippen LogP contribution in [0.5, 0.6) is 0 Å². The Kier molecular flexibility index (Phi) is 7.61. The number of hydrogen-bond acceptors (Lipinski definition) is 5. The van der Waals surface area contributed by atoms with Crippen molar-refractivity contribution in [2.24, 2.45) is 0 Å². The summed E-state index contributed by atoms with van der Waals surface area (Å²) in [6, 6.07) is 15.7. The van der Waals surface area contributed by atoms with E-state index < -0.39 is 35.9 Å². The van der Waals surface area contributed by atoms with E-state index in [1.54, 1.807) is 51.1 Å². The number of amides is 1. The van der Waals surface area contributed by atoms with E-state index in [9.17, 15) is 19.8 Å². The second kappa shape index (κ2) is 9.93. The molecule has 4 N–H and O–H groups in total. The number of aliphatic carboxylic acids is 1. The highest BCUT2D eigenvalue weighted by atomic mass is 16.6. The lowest BCUT2D eigenvalue weighted by Gasteiger charge is -2.30. The van der Waals surface area contributed by atoms with Gasteiger partial charge in [-0.1, -0.05) is 48.5 Å². The van der Waals surface area contributed by atoms with E-state index in [1.165, 1.54) is 0 Å². The van der Waals surface area contributed by atoms with E-state index in [0.29, 0.717) is 5.69 Å². The summed E-state index contributed by atoms with van der Waals surface area (Å²) < 4.78 is 5.29. The van der Waals surface area contributed by atoms with Crippen LogP contribution in [0.3, 0.4) is 0 Å². The minimum Gasteiger partial charge on any atom is -0.480 e. The number of anilines is 1. The summed E-state index contributed by atoms with van der Waals surface area (Å²) in [6.45, 7) is 5.19. The smallest absolute Gasteiger partial charge is 0.407 e. The van der Waals surface area contributed by atoms with Crippen LogP contribution in [0.4, 0.5) is 10.5 Å². The van der Waals surface area contributed by atoms with Crippen LogP contribution in [-0.2, 0) is 16.0 Å². The fraction of sp³-hybridized carbons (Fsp3) is 0.364. The molecule has 0 aliphatic carbocycles. The van der Waals surface area contributed by atoms with E-state index in [-0.39, 0.29) is 6.42 Å². The molecule has 0 fully saturated rings. The van der Waals surface area contributed by atoms with Gasteiger partial charge in [0.15, 0.2) is 6.04 Å². The molecular formula is C22H28N2O5. The summed E-state index contributed by atoms with van der Waals surface area (Å²) in [4.78, 5) is 24.2. The maximum absolute atomic E-state index is 12.3. The third kappa shape index (κ3) is 7.46. The number of ether oxygens (including phenoxy) is 1. The molecule has 0 saturated heterocycles. The molecule has 1 amide bonds. The lowest BCUT2D eigenvalue weighted by Crippen LogP contribution is -2.55. The molecule has 0 spiro atoms. The van der Waals surface area contributed by atoms with Gasteiger partial charge in [0, 0.05) is 5.69 Å². The number of alkyl carbamates (subject to hydrolysis) is 1. The van der Waals surface area contributed by atoms with E-state index in [0.717, 1.165) is 5.56 Å². The minimum absolute atomic E-state index is 0.238. The van der Waals surface area contributed by atoms with Crippen molar-refractivity contribution >= 4 is 17.7 Å². The molecule has 0 aromatic heterocycles. The van der Waals surface area contributed by atoms with Crippen molar-refractivity contribution < 1.29 is 24.5 Å². The van der Waals surface area contributed by atoms with Crippen LogP contribution in [0.1, 0.15) is 26.3 Å². The second-order valence-electron chi connectivity index (χ2n) is 7.76. The predicted octanol–water partition coefficient (Wildman–Crippen LogP) is 3.05. The standard InChI is InChI=1S/C22H28N2O5/c1-22(2,3)29-21(28)24-17(14-15-10-6-4-7-11-15)19(25)18(20(26)27)23-16-12-8-5-9-13-16/h4-13,17-19,23,25H,14H2,1-3H3,(H,24,28)(H,26,27)/t17-,18+,19-/m0/s1. The fourth-order valence-corrected chi connectivity index (χ4v) is 2.82. The van der Waals surface area contributed by atoms with Gasteiger partial charge in [-0.3, -0.25) is 0 Å². The number of hydrogen-bond donors (Lipinski definition) is 4. The van der Waals surface area contributed by atoms with Crippen LogP contribution in [-0.4, -0.2) is 46.1 Å². The zero-order valence-electron chi connectivity index (χ0n) is 16.8. The summed E-state index contributed by atoms with van der Waals surface area (Å²) in [5.41, 5.74) is 0.673. The van der Waals surface area contributed by atoms with Crippen molar-refractivity contribution in [3.05, 3.63) is 66.2 Å². The van der Waals surface area contributed by atoms with Crippen molar-refractivity contribution in [1.82, 2.24) is 5.32 Å². The highest BCUT2D eigenvalue weighted by Crippen LogP contribution is 2.15. The molecule has 0 aliphatic heterocycles. The van der Waals surface area contributed by atoms with E-state index in [2.05, 4.69) is 10.6 Å². The topological polar surface area (TPSA) is 108 Å². The number of para-hydroxylation sites is 1. The molecule has 7 heteroatoms. The minimum atomic E-state index is -1.42. The average Bonchev–Trinajstić information content (AvgIpc) is 2.65. The predicted molar refractivity (Wildman–Crippen MR) is 111 cm³/mol. The molecule has 2 aromatic carbocycles. The van der Waals surface area contributed by atoms with Crippen LogP contribution in [0, 0.1) is 0 Å². The van der Waals surface area contributed by atoms with Gasteiger partial charge in [-0.15, -0.1) is 0 Å². The van der Waals surface area contributed by atoms with Crippen molar-refractivity contribution in [3.63, 3.8) is 0 Å². The Bertz CT molecular complexity index is 790. The van der Waals surface area contributed by atoms with Crippen LogP contribution in [0.15, 0.2) is 60.7 Å². The first-order chi connectivity index (χ1) is 13.7. The second-order valence-corrected chi connectivity index (χ2v) is 7.76. The van der Waals surface area contributed by atoms with E-state index >= 15 is 0 Å². The van der Waals surface area contributed by atoms with Crippen LogP contribution >= 0.6 is 0 Å². The Morgan fingerprint density at radius 1 is 1.00 bits per heavy atom. The lowest BCUT2D eigenvalue weighted by atomic mass is 9.96. The fourth-order valence-electron chi connectivity index (χ4n) is 2.82. The van der Waals surface area contributed by atoms with Gasteiger partial charge >= 0.3 is 12.1 Å². The first-order valence-corrected chi connectivity index (χ1v) is 9.41. The maximum atomic E-state index is 12.3. The van der Waals surface area contributed by atoms with Crippen molar-refractivity contribution in [2.75, 3.05) is 5.32 Å². The Balaban J connectivity index is 2.23. The van der Waals surface area contributed by atoms with Gasteiger partial charge in [-0.2, -0.15) is 0 Å². The van der Waals surface area contributed by atoms with Gasteiger partial charge in [-0.05, 0) is 44.9 Å². The zero-order valence-corrected chi connectivity index (χ0v) is 16.8. The number of carbonyl (C=O) groups is 2. The zero-order chi connectivity index (χ0) is 21.4. The number of nitrogens with one attached hydrogen (secondary N) is 2. The third-order valence-corrected chi connectivity index (χ3v) is 4.12. The number of aliphatic hydroxyl groups is 1. The number of rotatable bonds is 8. The SMILES string of the molecule is CC(C)(C)OC(=O)N[C@@H](Cc1ccccc1)[C@H](O)[C@@H](Nc1ccccc1)C(=O)O. The number of carboxylic acid groups (broad SMARTS) is 1. The van der Waals surface area contributed by atoms with E-state index in [4.69, 9.17) is 4.74 Å². The van der Waals surface area contributed by atoms with Crippen LogP contribution in [0.2, 0.25) is 0 Å². The molecule has 2 aromatic rings. The Labute approximate surface area is 170 Å². The molecule has 7 nitrogen and oxygen atoms in total. The van der Waals surface area contributed by atoms with Gasteiger partial charge in [-0.25, -0.2) is 9.59 Å². The summed E-state index contributed by atoms with van der Waals surface area (Å²) in [7, 11) is 0. The highest BCUT2D eigenvalue weighted by Gasteiger charge is 2.35. The molecule has 0 aliphatic rings. The molecule has 156 valence electrons. The molecule has 0 unspecified atom stereocenters. The largest absolute Gasteiger partial charge is 0.480 e. The monoisotopic (exact) mass is 400 g/mol. The maximum Gasteiger partial charge on any atom is 0.407 e. The van der Waals surface area contributed by atoms with Gasteiger partial charge in [0.1, 0.15) is 11.7 Å². The highest BCUT2D eigenvalue weighted by molar-refractivity contribution is 5.78.